The van der Waals surface area contributed by atoms with Crippen LogP contribution in [0.15, 0.2) is 48.1 Å². The van der Waals surface area contributed by atoms with E-state index in [1.807, 2.05) is 46.6 Å². The first-order valence-corrected chi connectivity index (χ1v) is 11.1. The van der Waals surface area contributed by atoms with Crippen molar-refractivity contribution in [2.75, 3.05) is 26.2 Å². The number of rotatable bonds is 7. The molecular weight excluding hydrogens is 382 g/mol. The van der Waals surface area contributed by atoms with Crippen LogP contribution in [0.5, 0.6) is 0 Å². The molecule has 1 saturated heterocycles. The molecule has 29 heavy (non-hydrogen) atoms. The summed E-state index contributed by atoms with van der Waals surface area (Å²) in [5.41, 5.74) is 2.39. The summed E-state index contributed by atoms with van der Waals surface area (Å²) in [7, 11) is 0. The third kappa shape index (κ3) is 5.10. The molecule has 1 aliphatic heterocycles. The maximum Gasteiger partial charge on any atom is 0.270 e. The Balaban J connectivity index is 1.28. The maximum absolute atomic E-state index is 12.4. The third-order valence-corrected chi connectivity index (χ3v) is 6.16. The van der Waals surface area contributed by atoms with Gasteiger partial charge < -0.3 is 10.2 Å². The summed E-state index contributed by atoms with van der Waals surface area (Å²) in [5.74, 6) is 0.688. The lowest BCUT2D eigenvalue weighted by molar-refractivity contribution is 0.0946. The fourth-order valence-electron chi connectivity index (χ4n) is 3.75. The van der Waals surface area contributed by atoms with Gasteiger partial charge in [0.05, 0.1) is 11.9 Å². The highest BCUT2D eigenvalue weighted by Gasteiger charge is 2.16. The van der Waals surface area contributed by atoms with E-state index in [4.69, 9.17) is 0 Å². The average molecular weight is 410 g/mol. The second-order valence-electron chi connectivity index (χ2n) is 7.70. The summed E-state index contributed by atoms with van der Waals surface area (Å²) in [5, 5.41) is 10.0. The number of nitrogens with one attached hydrogen (secondary N) is 1. The van der Waals surface area contributed by atoms with Crippen molar-refractivity contribution in [3.63, 3.8) is 0 Å². The van der Waals surface area contributed by atoms with Gasteiger partial charge in [0.1, 0.15) is 10.7 Å². The fourth-order valence-corrected chi connectivity index (χ4v) is 4.53. The summed E-state index contributed by atoms with van der Waals surface area (Å²) in [6, 6.07) is 9.94. The molecule has 3 aromatic rings. The summed E-state index contributed by atoms with van der Waals surface area (Å²) in [4.78, 5) is 19.4. The van der Waals surface area contributed by atoms with E-state index in [9.17, 15) is 4.79 Å². The normalized spacial score (nSPS) is 17.3. The predicted octanol–water partition coefficient (Wildman–Crippen LogP) is 3.85. The molecule has 7 heteroatoms. The molecule has 4 rings (SSSR count). The lowest BCUT2D eigenvalue weighted by atomic mass is 10.0. The van der Waals surface area contributed by atoms with Gasteiger partial charge in [0.25, 0.3) is 5.91 Å². The Hall–Kier alpha value is -2.51. The molecule has 1 aromatic carbocycles. The van der Waals surface area contributed by atoms with E-state index in [2.05, 4.69) is 27.2 Å². The van der Waals surface area contributed by atoms with Gasteiger partial charge in [0, 0.05) is 30.2 Å². The Morgan fingerprint density at radius 3 is 3.00 bits per heavy atom. The van der Waals surface area contributed by atoms with E-state index in [0.717, 1.165) is 35.1 Å². The smallest absolute Gasteiger partial charge is 0.270 e. The highest BCUT2D eigenvalue weighted by atomic mass is 32.1. The van der Waals surface area contributed by atoms with Gasteiger partial charge in [0.2, 0.25) is 0 Å². The number of hydrogen-bond donors (Lipinski definition) is 1. The number of nitrogens with zero attached hydrogens (tertiary/aromatic N) is 4. The van der Waals surface area contributed by atoms with Crippen molar-refractivity contribution in [2.24, 2.45) is 5.92 Å². The summed E-state index contributed by atoms with van der Waals surface area (Å²) >= 11 is 1.47. The van der Waals surface area contributed by atoms with Crippen LogP contribution >= 0.6 is 11.3 Å². The number of carbonyl (C=O) groups is 1. The highest BCUT2D eigenvalue weighted by Crippen LogP contribution is 2.24. The molecule has 2 aromatic heterocycles. The van der Waals surface area contributed by atoms with E-state index in [0.29, 0.717) is 12.2 Å². The van der Waals surface area contributed by atoms with Gasteiger partial charge in [0.15, 0.2) is 0 Å². The average Bonchev–Trinajstić information content (AvgIpc) is 3.41. The molecule has 1 amide bonds. The monoisotopic (exact) mass is 409 g/mol. The Bertz CT molecular complexity index is 936. The number of aromatic nitrogens is 3. The molecule has 0 radical (unpaired) electrons. The maximum atomic E-state index is 12.4. The van der Waals surface area contributed by atoms with E-state index < -0.39 is 0 Å². The zero-order chi connectivity index (χ0) is 20.1. The zero-order valence-electron chi connectivity index (χ0n) is 16.8. The number of likely N-dealkylation sites (tertiary alicyclic amines) is 1. The van der Waals surface area contributed by atoms with E-state index >= 15 is 0 Å². The van der Waals surface area contributed by atoms with Crippen molar-refractivity contribution < 1.29 is 4.79 Å². The van der Waals surface area contributed by atoms with E-state index in [1.54, 1.807) is 6.20 Å². The second kappa shape index (κ2) is 9.33. The van der Waals surface area contributed by atoms with Crippen LogP contribution in [0.1, 0.15) is 36.7 Å². The van der Waals surface area contributed by atoms with Crippen LogP contribution in [0, 0.1) is 5.92 Å². The van der Waals surface area contributed by atoms with Crippen molar-refractivity contribution in [1.82, 2.24) is 25.0 Å². The van der Waals surface area contributed by atoms with Crippen LogP contribution in [0.2, 0.25) is 0 Å². The largest absolute Gasteiger partial charge is 0.351 e. The first kappa shape index (κ1) is 19.8. The highest BCUT2D eigenvalue weighted by molar-refractivity contribution is 7.13. The van der Waals surface area contributed by atoms with Gasteiger partial charge in [-0.25, -0.2) is 9.67 Å². The van der Waals surface area contributed by atoms with Crippen molar-refractivity contribution in [2.45, 2.75) is 26.2 Å². The number of thiazole rings is 1. The SMILES string of the molecule is CC1CCCN(CCCNC(=O)c2csc(-c3cnn(-c4ccccc4)c3)n2)C1. The molecule has 6 nitrogen and oxygen atoms in total. The van der Waals surface area contributed by atoms with Crippen molar-refractivity contribution >= 4 is 17.2 Å². The molecule has 1 atom stereocenters. The predicted molar refractivity (Wildman–Crippen MR) is 116 cm³/mol. The van der Waals surface area contributed by atoms with Crippen LogP contribution in [-0.2, 0) is 0 Å². The minimum absolute atomic E-state index is 0.102. The first-order valence-electron chi connectivity index (χ1n) is 10.3. The molecular formula is C22H27N5OS. The molecule has 0 spiro atoms. The molecule has 1 N–H and O–H groups in total. The first-order chi connectivity index (χ1) is 14.2. The zero-order valence-corrected chi connectivity index (χ0v) is 17.6. The van der Waals surface area contributed by atoms with E-state index in [-0.39, 0.29) is 5.91 Å². The molecule has 0 bridgehead atoms. The van der Waals surface area contributed by atoms with Gasteiger partial charge in [-0.3, -0.25) is 4.79 Å². The van der Waals surface area contributed by atoms with Crippen molar-refractivity contribution in [3.8, 4) is 16.3 Å². The van der Waals surface area contributed by atoms with Crippen LogP contribution < -0.4 is 5.32 Å². The Labute approximate surface area is 175 Å². The number of piperidine rings is 1. The molecule has 152 valence electrons. The van der Waals surface area contributed by atoms with Crippen LogP contribution in [0.3, 0.4) is 0 Å². The number of para-hydroxylation sites is 1. The van der Waals surface area contributed by atoms with Crippen LogP contribution in [0.25, 0.3) is 16.3 Å². The van der Waals surface area contributed by atoms with Gasteiger partial charge in [-0.05, 0) is 50.4 Å². The Morgan fingerprint density at radius 1 is 1.31 bits per heavy atom. The minimum Gasteiger partial charge on any atom is -0.351 e. The fraction of sp³-hybridized carbons (Fsp3) is 0.409. The Morgan fingerprint density at radius 2 is 2.17 bits per heavy atom. The van der Waals surface area contributed by atoms with Crippen molar-refractivity contribution in [1.29, 1.82) is 0 Å². The number of carbonyl (C=O) groups excluding carboxylic acids is 1. The lowest BCUT2D eigenvalue weighted by Crippen LogP contribution is -2.36. The molecule has 3 heterocycles. The van der Waals surface area contributed by atoms with Gasteiger partial charge in [-0.15, -0.1) is 11.3 Å². The van der Waals surface area contributed by atoms with Gasteiger partial charge in [-0.1, -0.05) is 25.1 Å². The third-order valence-electron chi connectivity index (χ3n) is 5.26. The molecule has 0 saturated carbocycles. The Kier molecular flexibility index (Phi) is 6.36. The van der Waals surface area contributed by atoms with Crippen molar-refractivity contribution in [3.05, 3.63) is 53.8 Å². The molecule has 1 fully saturated rings. The quantitative estimate of drug-likeness (QED) is 0.602. The number of hydrogen-bond acceptors (Lipinski definition) is 5. The van der Waals surface area contributed by atoms with Crippen LogP contribution in [-0.4, -0.2) is 51.8 Å². The topological polar surface area (TPSA) is 63.1 Å². The number of benzene rings is 1. The molecule has 1 unspecified atom stereocenters. The summed E-state index contributed by atoms with van der Waals surface area (Å²) in [6.45, 7) is 6.41. The van der Waals surface area contributed by atoms with Gasteiger partial charge in [-0.2, -0.15) is 5.10 Å². The minimum atomic E-state index is -0.102. The lowest BCUT2D eigenvalue weighted by Gasteiger charge is -2.30. The second-order valence-corrected chi connectivity index (χ2v) is 8.56. The summed E-state index contributed by atoms with van der Waals surface area (Å²) < 4.78 is 1.82. The molecule has 0 aliphatic carbocycles. The van der Waals surface area contributed by atoms with E-state index in [1.165, 1.54) is 37.3 Å². The molecule has 1 aliphatic rings. The number of amides is 1. The van der Waals surface area contributed by atoms with Crippen LogP contribution in [0.4, 0.5) is 0 Å². The summed E-state index contributed by atoms with van der Waals surface area (Å²) in [6.07, 6.45) is 7.32. The van der Waals surface area contributed by atoms with Gasteiger partial charge >= 0.3 is 0 Å². The standard InChI is InChI=1S/C22H27N5OS/c1-17-7-5-11-26(14-17)12-6-10-23-21(28)20-16-29-22(25-20)18-13-24-27(15-18)19-8-3-2-4-9-19/h2-4,8-9,13,15-17H,5-7,10-12,14H2,1H3,(H,23,28).